The number of aromatic nitrogens is 5. The van der Waals surface area contributed by atoms with E-state index in [0.717, 1.165) is 15.4 Å². The zero-order chi connectivity index (χ0) is 15.4. The number of ether oxygens (including phenoxy) is 1. The third-order valence-corrected chi connectivity index (χ3v) is 2.66. The van der Waals surface area contributed by atoms with E-state index in [-0.39, 0.29) is 24.5 Å². The predicted molar refractivity (Wildman–Crippen MR) is 67.4 cm³/mol. The molecule has 21 heavy (non-hydrogen) atoms. The molecular formula is C10H12N6O5. The molecule has 0 bridgehead atoms. The van der Waals surface area contributed by atoms with Gasteiger partial charge in [-0.1, -0.05) is 5.21 Å². The Morgan fingerprint density at radius 2 is 2.24 bits per heavy atom. The molecule has 11 nitrogen and oxygen atoms in total. The largest absolute Gasteiger partial charge is 0.461 e. The van der Waals surface area contributed by atoms with E-state index in [1.165, 1.54) is 7.05 Å². The van der Waals surface area contributed by atoms with Crippen LogP contribution >= 0.6 is 0 Å². The van der Waals surface area contributed by atoms with Crippen LogP contribution in [0.5, 0.6) is 0 Å². The number of carbonyl (C=O) groups excluding carboxylic acids is 1. The molecule has 0 saturated carbocycles. The third-order valence-electron chi connectivity index (χ3n) is 2.66. The lowest BCUT2D eigenvalue weighted by Crippen LogP contribution is -2.27. The van der Waals surface area contributed by atoms with Crippen LogP contribution < -0.4 is 5.69 Å². The molecule has 11 heteroatoms. The Hall–Kier alpha value is -2.85. The smallest absolute Gasteiger partial charge is 0.360 e. The van der Waals surface area contributed by atoms with Crippen molar-refractivity contribution in [1.29, 1.82) is 0 Å². The van der Waals surface area contributed by atoms with E-state index in [1.807, 2.05) is 0 Å². The highest BCUT2D eigenvalue weighted by Crippen LogP contribution is 2.05. The highest BCUT2D eigenvalue weighted by Gasteiger charge is 2.18. The van der Waals surface area contributed by atoms with Crippen molar-refractivity contribution in [3.05, 3.63) is 32.6 Å². The maximum atomic E-state index is 11.8. The van der Waals surface area contributed by atoms with Gasteiger partial charge >= 0.3 is 11.7 Å². The van der Waals surface area contributed by atoms with E-state index in [1.54, 1.807) is 0 Å². The average molecular weight is 296 g/mol. The molecule has 0 atom stereocenters. The molecule has 0 saturated heterocycles. The molecule has 0 aliphatic carbocycles. The van der Waals surface area contributed by atoms with Gasteiger partial charge in [0.1, 0.15) is 6.33 Å². The Morgan fingerprint density at radius 3 is 2.95 bits per heavy atom. The van der Waals surface area contributed by atoms with Gasteiger partial charge in [0.05, 0.1) is 6.61 Å². The lowest BCUT2D eigenvalue weighted by atomic mass is 10.3. The predicted octanol–water partition coefficient (Wildman–Crippen LogP) is -0.963. The van der Waals surface area contributed by atoms with Crippen molar-refractivity contribution in [2.75, 3.05) is 13.2 Å². The number of nitro groups is 1. The maximum Gasteiger partial charge on any atom is 0.360 e. The molecule has 2 heterocycles. The summed E-state index contributed by atoms with van der Waals surface area (Å²) in [6.07, 6.45) is 1.84. The second-order valence-electron chi connectivity index (χ2n) is 4.18. The van der Waals surface area contributed by atoms with E-state index in [9.17, 15) is 19.7 Å². The van der Waals surface area contributed by atoms with Gasteiger partial charge in [-0.2, -0.15) is 4.68 Å². The third kappa shape index (κ3) is 3.19. The van der Waals surface area contributed by atoms with Gasteiger partial charge in [0.2, 0.25) is 6.54 Å². The van der Waals surface area contributed by atoms with Gasteiger partial charge in [0.25, 0.3) is 0 Å². The van der Waals surface area contributed by atoms with Crippen molar-refractivity contribution in [2.45, 2.75) is 12.8 Å². The molecule has 2 rings (SSSR count). The van der Waals surface area contributed by atoms with Gasteiger partial charge in [-0.3, -0.25) is 10.1 Å². The molecule has 0 fully saturated rings. The Balaban J connectivity index is 2.02. The minimum Gasteiger partial charge on any atom is -0.461 e. The molecule has 2 aromatic rings. The van der Waals surface area contributed by atoms with Crippen LogP contribution in [0, 0.1) is 10.1 Å². The zero-order valence-electron chi connectivity index (χ0n) is 11.1. The standard InChI is InChI=1S/C10H12N6O5/c1-14-10(18)15-6-11-7(8(15)12-13-14)9(17)21-5-3-2-4-16(19)20/h6H,2-5H2,1H3. The summed E-state index contributed by atoms with van der Waals surface area (Å²) >= 11 is 0. The number of nitrogens with zero attached hydrogens (tertiary/aromatic N) is 6. The van der Waals surface area contributed by atoms with E-state index in [2.05, 4.69) is 15.3 Å². The van der Waals surface area contributed by atoms with Crippen LogP contribution in [0.15, 0.2) is 11.1 Å². The summed E-state index contributed by atoms with van der Waals surface area (Å²) in [7, 11) is 1.42. The van der Waals surface area contributed by atoms with Crippen molar-refractivity contribution in [1.82, 2.24) is 24.4 Å². The number of esters is 1. The van der Waals surface area contributed by atoms with Crippen LogP contribution in [0.3, 0.4) is 0 Å². The van der Waals surface area contributed by atoms with Crippen molar-refractivity contribution in [2.24, 2.45) is 7.05 Å². The fourth-order valence-corrected chi connectivity index (χ4v) is 1.60. The fraction of sp³-hybridized carbons (Fsp3) is 0.500. The van der Waals surface area contributed by atoms with E-state index in [0.29, 0.717) is 12.8 Å². The number of unbranched alkanes of at least 4 members (excludes halogenated alkanes) is 1. The van der Waals surface area contributed by atoms with Crippen molar-refractivity contribution in [3.63, 3.8) is 0 Å². The van der Waals surface area contributed by atoms with Crippen molar-refractivity contribution < 1.29 is 14.5 Å². The van der Waals surface area contributed by atoms with Gasteiger partial charge in [0, 0.05) is 18.4 Å². The van der Waals surface area contributed by atoms with Crippen LogP contribution in [0.25, 0.3) is 5.65 Å². The number of aryl methyl sites for hydroxylation is 1. The molecule has 0 aromatic carbocycles. The first-order valence-electron chi connectivity index (χ1n) is 6.06. The van der Waals surface area contributed by atoms with Crippen LogP contribution in [0.4, 0.5) is 0 Å². The Kier molecular flexibility index (Phi) is 4.21. The summed E-state index contributed by atoms with van der Waals surface area (Å²) in [5.74, 6) is -0.749. The monoisotopic (exact) mass is 296 g/mol. The second-order valence-corrected chi connectivity index (χ2v) is 4.18. The molecule has 0 aliphatic rings. The molecule has 0 radical (unpaired) electrons. The minimum atomic E-state index is -0.749. The van der Waals surface area contributed by atoms with E-state index >= 15 is 0 Å². The summed E-state index contributed by atoms with van der Waals surface area (Å²) in [6, 6.07) is 0. The molecule has 2 aromatic heterocycles. The number of hydrogen-bond acceptors (Lipinski definition) is 8. The minimum absolute atomic E-state index is 0.00777. The van der Waals surface area contributed by atoms with Gasteiger partial charge in [0.15, 0.2) is 11.3 Å². The Labute approximate surface area is 117 Å². The van der Waals surface area contributed by atoms with Gasteiger partial charge in [-0.05, 0) is 6.42 Å². The lowest BCUT2D eigenvalue weighted by Gasteiger charge is -2.01. The Bertz CT molecular complexity index is 735. The lowest BCUT2D eigenvalue weighted by molar-refractivity contribution is -0.480. The van der Waals surface area contributed by atoms with Crippen molar-refractivity contribution >= 4 is 11.6 Å². The molecule has 0 unspecified atom stereocenters. The van der Waals surface area contributed by atoms with Crippen LogP contribution in [0.1, 0.15) is 23.3 Å². The van der Waals surface area contributed by atoms with Gasteiger partial charge in [-0.25, -0.2) is 19.0 Å². The highest BCUT2D eigenvalue weighted by atomic mass is 16.6. The summed E-state index contributed by atoms with van der Waals surface area (Å²) in [6.45, 7) is -0.142. The summed E-state index contributed by atoms with van der Waals surface area (Å²) in [5, 5.41) is 17.4. The normalized spacial score (nSPS) is 10.7. The highest BCUT2D eigenvalue weighted by molar-refractivity contribution is 5.93. The summed E-state index contributed by atoms with van der Waals surface area (Å²) < 4.78 is 7.01. The number of hydrogen-bond donors (Lipinski definition) is 0. The van der Waals surface area contributed by atoms with Gasteiger partial charge in [-0.15, -0.1) is 5.10 Å². The Morgan fingerprint density at radius 1 is 1.48 bits per heavy atom. The van der Waals surface area contributed by atoms with Crippen LogP contribution in [-0.2, 0) is 11.8 Å². The molecule has 0 aliphatic heterocycles. The summed E-state index contributed by atoms with van der Waals surface area (Å²) in [4.78, 5) is 37.0. The SMILES string of the molecule is Cn1nnc2c(C(=O)OCCCC[N+](=O)[O-])ncn2c1=O. The van der Waals surface area contributed by atoms with E-state index in [4.69, 9.17) is 4.74 Å². The first-order valence-corrected chi connectivity index (χ1v) is 6.06. The molecule has 0 amide bonds. The number of fused-ring (bicyclic) bond motifs is 1. The molecule has 112 valence electrons. The second kappa shape index (κ2) is 6.07. The van der Waals surface area contributed by atoms with Gasteiger partial charge < -0.3 is 4.74 Å². The number of imidazole rings is 1. The zero-order valence-corrected chi connectivity index (χ0v) is 11.1. The summed E-state index contributed by atoms with van der Waals surface area (Å²) in [5.41, 5.74) is -0.597. The first kappa shape index (κ1) is 14.6. The number of rotatable bonds is 6. The molecular weight excluding hydrogens is 284 g/mol. The van der Waals surface area contributed by atoms with Crippen LogP contribution in [-0.4, -0.2) is 48.4 Å². The maximum absolute atomic E-state index is 11.8. The number of carbonyl (C=O) groups is 1. The quantitative estimate of drug-likeness (QED) is 0.288. The van der Waals surface area contributed by atoms with Crippen LogP contribution in [0.2, 0.25) is 0 Å². The fourth-order valence-electron chi connectivity index (χ4n) is 1.60. The average Bonchev–Trinajstić information content (AvgIpc) is 2.86. The van der Waals surface area contributed by atoms with E-state index < -0.39 is 16.6 Å². The first-order chi connectivity index (χ1) is 10.0. The topological polar surface area (TPSA) is 135 Å². The molecule has 0 N–H and O–H groups in total. The molecule has 0 spiro atoms. The van der Waals surface area contributed by atoms with Crippen molar-refractivity contribution in [3.8, 4) is 0 Å².